The second-order valence-electron chi connectivity index (χ2n) is 7.99. The van der Waals surface area contributed by atoms with E-state index in [0.717, 1.165) is 25.1 Å². The number of aromatic nitrogens is 1. The number of hydrogen-bond acceptors (Lipinski definition) is 4. The van der Waals surface area contributed by atoms with Crippen LogP contribution in [0.25, 0.3) is 0 Å². The number of carbonyl (C=O) groups is 2. The van der Waals surface area contributed by atoms with Crippen LogP contribution in [0, 0.1) is 6.92 Å². The van der Waals surface area contributed by atoms with Crippen LogP contribution in [0.3, 0.4) is 0 Å². The van der Waals surface area contributed by atoms with Crippen molar-refractivity contribution in [2.24, 2.45) is 7.05 Å². The van der Waals surface area contributed by atoms with Crippen molar-refractivity contribution < 1.29 is 14.3 Å². The number of rotatable bonds is 4. The molecule has 7 nitrogen and oxygen atoms in total. The van der Waals surface area contributed by atoms with Gasteiger partial charge in [0.15, 0.2) is 0 Å². The van der Waals surface area contributed by atoms with Gasteiger partial charge in [-0.25, -0.2) is 0 Å². The summed E-state index contributed by atoms with van der Waals surface area (Å²) in [6.07, 6.45) is 3.69. The number of unbranched alkanes of at least 4 members (excludes halogenated alkanes) is 1. The molecule has 2 amide bonds. The number of amides is 2. The Labute approximate surface area is 166 Å². The van der Waals surface area contributed by atoms with Crippen molar-refractivity contribution >= 4 is 11.8 Å². The second-order valence-corrected chi connectivity index (χ2v) is 7.99. The van der Waals surface area contributed by atoms with Gasteiger partial charge in [-0.1, -0.05) is 13.3 Å². The Morgan fingerprint density at radius 1 is 1.18 bits per heavy atom. The van der Waals surface area contributed by atoms with Crippen molar-refractivity contribution in [1.29, 1.82) is 0 Å². The van der Waals surface area contributed by atoms with E-state index in [1.165, 1.54) is 4.57 Å². The van der Waals surface area contributed by atoms with E-state index in [4.69, 9.17) is 4.74 Å². The molecule has 0 radical (unpaired) electrons. The first kappa shape index (κ1) is 20.6. The molecule has 7 heteroatoms. The standard InChI is InChI=1S/C21H31N3O4/c1-4-5-10-23-13-14-28-21(15-18(23)25)8-11-24(12-9-21)20(27)17-7-6-16(2)22(3)19(17)26/h6-7H,4-5,8-15H2,1-3H3. The molecular weight excluding hydrogens is 358 g/mol. The van der Waals surface area contributed by atoms with E-state index in [1.807, 2.05) is 11.8 Å². The number of nitrogens with zero attached hydrogens (tertiary/aromatic N) is 3. The van der Waals surface area contributed by atoms with Crippen LogP contribution >= 0.6 is 0 Å². The number of piperidine rings is 1. The van der Waals surface area contributed by atoms with E-state index in [9.17, 15) is 14.4 Å². The van der Waals surface area contributed by atoms with Gasteiger partial charge < -0.3 is 19.1 Å². The van der Waals surface area contributed by atoms with E-state index >= 15 is 0 Å². The molecule has 3 heterocycles. The van der Waals surface area contributed by atoms with E-state index < -0.39 is 5.60 Å². The quantitative estimate of drug-likeness (QED) is 0.786. The molecule has 2 fully saturated rings. The van der Waals surface area contributed by atoms with Gasteiger partial charge in [0.1, 0.15) is 5.56 Å². The predicted molar refractivity (Wildman–Crippen MR) is 106 cm³/mol. The van der Waals surface area contributed by atoms with Crippen LogP contribution in [-0.2, 0) is 16.6 Å². The molecule has 2 aliphatic heterocycles. The van der Waals surface area contributed by atoms with Crippen molar-refractivity contribution in [2.45, 2.75) is 51.6 Å². The highest BCUT2D eigenvalue weighted by Crippen LogP contribution is 2.32. The Morgan fingerprint density at radius 2 is 1.89 bits per heavy atom. The van der Waals surface area contributed by atoms with E-state index in [1.54, 1.807) is 24.1 Å². The second kappa shape index (κ2) is 8.47. The molecule has 1 spiro atoms. The fraction of sp³-hybridized carbons (Fsp3) is 0.667. The molecule has 0 aliphatic carbocycles. The van der Waals surface area contributed by atoms with Crippen LogP contribution in [0.5, 0.6) is 0 Å². The zero-order chi connectivity index (χ0) is 20.3. The largest absolute Gasteiger partial charge is 0.372 e. The van der Waals surface area contributed by atoms with Crippen molar-refractivity contribution in [2.75, 3.05) is 32.8 Å². The lowest BCUT2D eigenvalue weighted by molar-refractivity contribution is -0.135. The molecule has 3 rings (SSSR count). The highest BCUT2D eigenvalue weighted by Gasteiger charge is 2.41. The minimum atomic E-state index is -0.479. The summed E-state index contributed by atoms with van der Waals surface area (Å²) in [5.74, 6) is -0.0851. The van der Waals surface area contributed by atoms with Crippen molar-refractivity contribution in [3.05, 3.63) is 33.7 Å². The van der Waals surface area contributed by atoms with Crippen LogP contribution in [0.2, 0.25) is 0 Å². The summed E-state index contributed by atoms with van der Waals surface area (Å²) in [6.45, 7) is 6.93. The lowest BCUT2D eigenvalue weighted by Gasteiger charge is -2.40. The van der Waals surface area contributed by atoms with Crippen LogP contribution in [-0.4, -0.2) is 64.6 Å². The van der Waals surface area contributed by atoms with Crippen LogP contribution in [0.15, 0.2) is 16.9 Å². The minimum absolute atomic E-state index is 0.151. The maximum absolute atomic E-state index is 12.9. The number of likely N-dealkylation sites (tertiary alicyclic amines) is 1. The number of ether oxygens (including phenoxy) is 1. The van der Waals surface area contributed by atoms with Gasteiger partial charge in [-0.05, 0) is 38.3 Å². The highest BCUT2D eigenvalue weighted by molar-refractivity contribution is 5.94. The van der Waals surface area contributed by atoms with Gasteiger partial charge >= 0.3 is 0 Å². The summed E-state index contributed by atoms with van der Waals surface area (Å²) in [5.41, 5.74) is 0.273. The van der Waals surface area contributed by atoms with Gasteiger partial charge in [0.25, 0.3) is 11.5 Å². The molecule has 1 aromatic heterocycles. The summed E-state index contributed by atoms with van der Waals surface area (Å²) in [4.78, 5) is 41.6. The molecule has 28 heavy (non-hydrogen) atoms. The maximum Gasteiger partial charge on any atom is 0.263 e. The summed E-state index contributed by atoms with van der Waals surface area (Å²) in [5, 5.41) is 0. The predicted octanol–water partition coefficient (Wildman–Crippen LogP) is 1.72. The smallest absolute Gasteiger partial charge is 0.263 e. The first-order chi connectivity index (χ1) is 13.4. The van der Waals surface area contributed by atoms with Gasteiger partial charge in [0.05, 0.1) is 18.6 Å². The van der Waals surface area contributed by atoms with Gasteiger partial charge in [-0.2, -0.15) is 0 Å². The lowest BCUT2D eigenvalue weighted by atomic mass is 9.87. The van der Waals surface area contributed by atoms with Gasteiger partial charge in [0.2, 0.25) is 5.91 Å². The Bertz CT molecular complexity index is 793. The number of hydrogen-bond donors (Lipinski definition) is 0. The topological polar surface area (TPSA) is 71.8 Å². The number of aryl methyl sites for hydroxylation is 1. The van der Waals surface area contributed by atoms with Crippen molar-refractivity contribution in [3.8, 4) is 0 Å². The summed E-state index contributed by atoms with van der Waals surface area (Å²) in [7, 11) is 1.68. The monoisotopic (exact) mass is 389 g/mol. The molecule has 2 aliphatic rings. The molecule has 0 aromatic carbocycles. The van der Waals surface area contributed by atoms with Crippen LogP contribution in [0.4, 0.5) is 0 Å². The minimum Gasteiger partial charge on any atom is -0.372 e. The molecular formula is C21H31N3O4. The Kier molecular flexibility index (Phi) is 6.23. The van der Waals surface area contributed by atoms with E-state index in [2.05, 4.69) is 6.92 Å². The average molecular weight is 389 g/mol. The molecule has 0 bridgehead atoms. The van der Waals surface area contributed by atoms with Crippen molar-refractivity contribution in [1.82, 2.24) is 14.4 Å². The number of pyridine rings is 1. The first-order valence-electron chi connectivity index (χ1n) is 10.2. The third kappa shape index (κ3) is 4.14. The first-order valence-corrected chi connectivity index (χ1v) is 10.2. The molecule has 0 N–H and O–H groups in total. The zero-order valence-electron chi connectivity index (χ0n) is 17.2. The fourth-order valence-corrected chi connectivity index (χ4v) is 4.02. The third-order valence-corrected chi connectivity index (χ3v) is 6.12. The lowest BCUT2D eigenvalue weighted by Crippen LogP contribution is -2.50. The normalized spacial score (nSPS) is 19.8. The third-order valence-electron chi connectivity index (χ3n) is 6.12. The summed E-state index contributed by atoms with van der Waals surface area (Å²) >= 11 is 0. The molecule has 1 aromatic rings. The Balaban J connectivity index is 1.65. The van der Waals surface area contributed by atoms with Gasteiger partial charge in [0, 0.05) is 38.9 Å². The molecule has 154 valence electrons. The van der Waals surface area contributed by atoms with Crippen molar-refractivity contribution in [3.63, 3.8) is 0 Å². The Morgan fingerprint density at radius 3 is 2.57 bits per heavy atom. The summed E-state index contributed by atoms with van der Waals surface area (Å²) in [6, 6.07) is 3.40. The molecule has 2 saturated heterocycles. The van der Waals surface area contributed by atoms with Crippen LogP contribution in [0.1, 0.15) is 55.1 Å². The van der Waals surface area contributed by atoms with E-state index in [-0.39, 0.29) is 22.9 Å². The molecule has 0 atom stereocenters. The average Bonchev–Trinajstić information content (AvgIpc) is 2.83. The molecule has 0 saturated carbocycles. The molecule has 0 unspecified atom stereocenters. The number of carbonyl (C=O) groups excluding carboxylic acids is 2. The van der Waals surface area contributed by atoms with Gasteiger partial charge in [-0.15, -0.1) is 0 Å². The Hall–Kier alpha value is -2.15. The van der Waals surface area contributed by atoms with E-state index in [0.29, 0.717) is 45.5 Å². The summed E-state index contributed by atoms with van der Waals surface area (Å²) < 4.78 is 7.63. The maximum atomic E-state index is 12.9. The van der Waals surface area contributed by atoms with Crippen LogP contribution < -0.4 is 5.56 Å². The zero-order valence-corrected chi connectivity index (χ0v) is 17.2. The highest BCUT2D eigenvalue weighted by atomic mass is 16.5. The SMILES string of the molecule is CCCCN1CCOC2(CCN(C(=O)c3ccc(C)n(C)c3=O)CC2)CC1=O. The van der Waals surface area contributed by atoms with Gasteiger partial charge in [-0.3, -0.25) is 14.4 Å². The fourth-order valence-electron chi connectivity index (χ4n) is 4.02.